The number of carbonyl (C=O) groups excluding carboxylic acids is 1. The number of rotatable bonds is 3. The Hall–Kier alpha value is -2.35. The van der Waals surface area contributed by atoms with Crippen LogP contribution in [-0.4, -0.2) is 34.0 Å². The lowest BCUT2D eigenvalue weighted by atomic mass is 10.2. The normalized spacial score (nSPS) is 14.9. The molecule has 0 radical (unpaired) electrons. The van der Waals surface area contributed by atoms with Crippen molar-refractivity contribution in [3.8, 4) is 0 Å². The van der Waals surface area contributed by atoms with Crippen LogP contribution in [0.25, 0.3) is 0 Å². The zero-order chi connectivity index (χ0) is 14.1. The van der Waals surface area contributed by atoms with Gasteiger partial charge in [-0.1, -0.05) is 5.21 Å². The molecule has 1 aromatic heterocycles. The van der Waals surface area contributed by atoms with Gasteiger partial charge >= 0.3 is 0 Å². The standard InChI is InChI=1S/C12H11F2N5O/c13-7-1-2-10(9(14)3-7)16-12(20)11-6-19(18-17-11)8-4-15-5-8/h1-3,6,8,15H,4-5H2,(H,16,20). The maximum atomic E-state index is 13.4. The zero-order valence-corrected chi connectivity index (χ0v) is 10.3. The molecular formula is C12H11F2N5O. The topological polar surface area (TPSA) is 71.8 Å². The van der Waals surface area contributed by atoms with E-state index in [1.807, 2.05) is 0 Å². The molecular weight excluding hydrogens is 268 g/mol. The van der Waals surface area contributed by atoms with Crippen LogP contribution in [0, 0.1) is 11.6 Å². The molecule has 2 aromatic rings. The number of anilines is 1. The van der Waals surface area contributed by atoms with Gasteiger partial charge in [0.15, 0.2) is 5.69 Å². The van der Waals surface area contributed by atoms with Gasteiger partial charge in [-0.3, -0.25) is 4.79 Å². The molecule has 0 spiro atoms. The van der Waals surface area contributed by atoms with Gasteiger partial charge in [-0.15, -0.1) is 5.10 Å². The van der Waals surface area contributed by atoms with Crippen molar-refractivity contribution < 1.29 is 13.6 Å². The highest BCUT2D eigenvalue weighted by Crippen LogP contribution is 2.16. The summed E-state index contributed by atoms with van der Waals surface area (Å²) in [5.41, 5.74) is -0.0168. The molecule has 0 atom stereocenters. The Balaban J connectivity index is 1.73. The number of amides is 1. The fourth-order valence-corrected chi connectivity index (χ4v) is 1.80. The lowest BCUT2D eigenvalue weighted by Gasteiger charge is -2.26. The average molecular weight is 279 g/mol. The van der Waals surface area contributed by atoms with Crippen LogP contribution in [0.5, 0.6) is 0 Å². The Morgan fingerprint density at radius 1 is 1.40 bits per heavy atom. The highest BCUT2D eigenvalue weighted by molar-refractivity contribution is 6.02. The number of carbonyl (C=O) groups is 1. The van der Waals surface area contributed by atoms with E-state index < -0.39 is 17.5 Å². The second kappa shape index (κ2) is 4.97. The van der Waals surface area contributed by atoms with Gasteiger partial charge in [-0.25, -0.2) is 13.5 Å². The molecule has 1 saturated heterocycles. The summed E-state index contributed by atoms with van der Waals surface area (Å²) in [6, 6.07) is 3.11. The van der Waals surface area contributed by atoms with Gasteiger partial charge in [0, 0.05) is 19.2 Å². The summed E-state index contributed by atoms with van der Waals surface area (Å²) in [4.78, 5) is 11.9. The molecule has 1 aliphatic heterocycles. The van der Waals surface area contributed by atoms with Crippen molar-refractivity contribution in [1.82, 2.24) is 20.3 Å². The quantitative estimate of drug-likeness (QED) is 0.877. The minimum absolute atomic E-state index is 0.0839. The van der Waals surface area contributed by atoms with Gasteiger partial charge in [0.2, 0.25) is 0 Å². The van der Waals surface area contributed by atoms with E-state index >= 15 is 0 Å². The fourth-order valence-electron chi connectivity index (χ4n) is 1.80. The Morgan fingerprint density at radius 3 is 2.85 bits per heavy atom. The number of hydrogen-bond acceptors (Lipinski definition) is 4. The maximum absolute atomic E-state index is 13.4. The summed E-state index contributed by atoms with van der Waals surface area (Å²) in [5.74, 6) is -2.13. The summed E-state index contributed by atoms with van der Waals surface area (Å²) in [7, 11) is 0. The predicted octanol–water partition coefficient (Wildman–Crippen LogP) is 0.953. The van der Waals surface area contributed by atoms with Crippen LogP contribution in [0.1, 0.15) is 16.5 Å². The largest absolute Gasteiger partial charge is 0.318 e. The summed E-state index contributed by atoms with van der Waals surface area (Å²) >= 11 is 0. The summed E-state index contributed by atoms with van der Waals surface area (Å²) in [5, 5.41) is 13.0. The van der Waals surface area contributed by atoms with Crippen molar-refractivity contribution in [3.05, 3.63) is 41.7 Å². The number of halogens is 2. The van der Waals surface area contributed by atoms with E-state index in [4.69, 9.17) is 0 Å². The predicted molar refractivity (Wildman–Crippen MR) is 66.2 cm³/mol. The van der Waals surface area contributed by atoms with Gasteiger partial charge in [-0.05, 0) is 12.1 Å². The van der Waals surface area contributed by atoms with Crippen molar-refractivity contribution in [2.24, 2.45) is 0 Å². The molecule has 0 aliphatic carbocycles. The van der Waals surface area contributed by atoms with Crippen molar-refractivity contribution in [2.45, 2.75) is 6.04 Å². The fraction of sp³-hybridized carbons (Fsp3) is 0.250. The van der Waals surface area contributed by atoms with Crippen LogP contribution in [0.3, 0.4) is 0 Å². The van der Waals surface area contributed by atoms with E-state index in [-0.39, 0.29) is 17.4 Å². The molecule has 0 unspecified atom stereocenters. The van der Waals surface area contributed by atoms with Gasteiger partial charge in [0.1, 0.15) is 11.6 Å². The summed E-state index contributed by atoms with van der Waals surface area (Å²) in [6.07, 6.45) is 1.50. The third-order valence-electron chi connectivity index (χ3n) is 3.06. The highest BCUT2D eigenvalue weighted by atomic mass is 19.1. The monoisotopic (exact) mass is 279 g/mol. The van der Waals surface area contributed by atoms with Gasteiger partial charge in [-0.2, -0.15) is 0 Å². The van der Waals surface area contributed by atoms with E-state index in [9.17, 15) is 13.6 Å². The Bertz CT molecular complexity index is 653. The SMILES string of the molecule is O=C(Nc1ccc(F)cc1F)c1cn(C2CNC2)nn1. The number of aromatic nitrogens is 3. The van der Waals surface area contributed by atoms with Crippen molar-refractivity contribution in [3.63, 3.8) is 0 Å². The summed E-state index contributed by atoms with van der Waals surface area (Å²) in [6.45, 7) is 1.55. The van der Waals surface area contributed by atoms with Crippen molar-refractivity contribution in [1.29, 1.82) is 0 Å². The number of nitrogens with one attached hydrogen (secondary N) is 2. The smallest absolute Gasteiger partial charge is 0.277 e. The third-order valence-corrected chi connectivity index (χ3v) is 3.06. The molecule has 2 N–H and O–H groups in total. The molecule has 2 heterocycles. The molecule has 1 fully saturated rings. The third kappa shape index (κ3) is 2.37. The first-order valence-electron chi connectivity index (χ1n) is 6.02. The summed E-state index contributed by atoms with van der Waals surface area (Å²) < 4.78 is 27.8. The first kappa shape index (κ1) is 12.7. The van der Waals surface area contributed by atoms with E-state index in [1.54, 1.807) is 4.68 Å². The molecule has 6 nitrogen and oxygen atoms in total. The lowest BCUT2D eigenvalue weighted by molar-refractivity contribution is 0.102. The second-order valence-corrected chi connectivity index (χ2v) is 4.47. The van der Waals surface area contributed by atoms with E-state index in [2.05, 4.69) is 20.9 Å². The molecule has 8 heteroatoms. The zero-order valence-electron chi connectivity index (χ0n) is 10.3. The molecule has 0 saturated carbocycles. The number of hydrogen-bond donors (Lipinski definition) is 2. The van der Waals surface area contributed by atoms with E-state index in [0.717, 1.165) is 25.2 Å². The van der Waals surface area contributed by atoms with Crippen LogP contribution < -0.4 is 10.6 Å². The van der Waals surface area contributed by atoms with Gasteiger partial charge in [0.05, 0.1) is 17.9 Å². The average Bonchev–Trinajstić information content (AvgIpc) is 2.80. The van der Waals surface area contributed by atoms with Crippen LogP contribution in [-0.2, 0) is 0 Å². The Labute approximate surface area is 112 Å². The molecule has 0 bridgehead atoms. The van der Waals surface area contributed by atoms with Crippen molar-refractivity contribution in [2.75, 3.05) is 18.4 Å². The molecule has 3 rings (SSSR count). The van der Waals surface area contributed by atoms with Gasteiger partial charge in [0.25, 0.3) is 5.91 Å². The first-order valence-corrected chi connectivity index (χ1v) is 6.02. The number of nitrogens with zero attached hydrogens (tertiary/aromatic N) is 3. The Morgan fingerprint density at radius 2 is 2.20 bits per heavy atom. The molecule has 1 aliphatic rings. The minimum Gasteiger partial charge on any atom is -0.318 e. The van der Waals surface area contributed by atoms with Crippen molar-refractivity contribution >= 4 is 11.6 Å². The van der Waals surface area contributed by atoms with Crippen LogP contribution >= 0.6 is 0 Å². The van der Waals surface area contributed by atoms with Gasteiger partial charge < -0.3 is 10.6 Å². The minimum atomic E-state index is -0.839. The molecule has 1 aromatic carbocycles. The van der Waals surface area contributed by atoms with E-state index in [1.165, 1.54) is 6.20 Å². The molecule has 20 heavy (non-hydrogen) atoms. The molecule has 104 valence electrons. The van der Waals surface area contributed by atoms with Crippen LogP contribution in [0.2, 0.25) is 0 Å². The lowest BCUT2D eigenvalue weighted by Crippen LogP contribution is -2.43. The first-order chi connectivity index (χ1) is 9.63. The van der Waals surface area contributed by atoms with Crippen LogP contribution in [0.4, 0.5) is 14.5 Å². The maximum Gasteiger partial charge on any atom is 0.277 e. The molecule has 1 amide bonds. The van der Waals surface area contributed by atoms with Crippen LogP contribution in [0.15, 0.2) is 24.4 Å². The number of benzene rings is 1. The highest BCUT2D eigenvalue weighted by Gasteiger charge is 2.22. The Kier molecular flexibility index (Phi) is 3.15. The second-order valence-electron chi connectivity index (χ2n) is 4.47. The van der Waals surface area contributed by atoms with E-state index in [0.29, 0.717) is 6.07 Å².